The Balaban J connectivity index is 2.03. The van der Waals surface area contributed by atoms with Crippen molar-refractivity contribution in [2.45, 2.75) is 33.2 Å². The predicted octanol–water partition coefficient (Wildman–Crippen LogP) is 2.52. The van der Waals surface area contributed by atoms with Crippen molar-refractivity contribution in [3.05, 3.63) is 24.2 Å². The Morgan fingerprint density at radius 1 is 1.44 bits per heavy atom. The highest BCUT2D eigenvalue weighted by Gasteiger charge is 2.01. The minimum atomic E-state index is -0.139. The van der Waals surface area contributed by atoms with Crippen molar-refractivity contribution in [3.8, 4) is 0 Å². The zero-order valence-electron chi connectivity index (χ0n) is 9.95. The topological polar surface area (TPSA) is 54.3 Å². The van der Waals surface area contributed by atoms with Crippen molar-refractivity contribution in [1.82, 2.24) is 10.6 Å². The molecule has 0 aliphatic heterocycles. The molecule has 0 unspecified atom stereocenters. The maximum atomic E-state index is 11.3. The fraction of sp³-hybridized carbons (Fsp3) is 0.583. The Hall–Kier alpha value is -1.45. The third-order valence-electron chi connectivity index (χ3n) is 2.25. The molecule has 2 N–H and O–H groups in total. The largest absolute Gasteiger partial charge is 0.467 e. The van der Waals surface area contributed by atoms with Crippen LogP contribution in [0.1, 0.15) is 32.4 Å². The summed E-state index contributed by atoms with van der Waals surface area (Å²) in [5, 5.41) is 5.54. The molecule has 4 heteroatoms. The summed E-state index contributed by atoms with van der Waals surface area (Å²) < 4.78 is 5.10. The van der Waals surface area contributed by atoms with E-state index in [-0.39, 0.29) is 6.03 Å². The molecule has 90 valence electrons. The molecule has 0 atom stereocenters. The van der Waals surface area contributed by atoms with Gasteiger partial charge in [0.2, 0.25) is 0 Å². The maximum absolute atomic E-state index is 11.3. The second kappa shape index (κ2) is 6.93. The molecule has 1 rings (SSSR count). The summed E-state index contributed by atoms with van der Waals surface area (Å²) >= 11 is 0. The van der Waals surface area contributed by atoms with Crippen LogP contribution in [0.3, 0.4) is 0 Å². The summed E-state index contributed by atoms with van der Waals surface area (Å²) in [6.45, 7) is 5.51. The maximum Gasteiger partial charge on any atom is 0.315 e. The van der Waals surface area contributed by atoms with E-state index in [1.54, 1.807) is 12.3 Å². The van der Waals surface area contributed by atoms with Crippen LogP contribution < -0.4 is 10.6 Å². The first-order valence-electron chi connectivity index (χ1n) is 5.72. The molecule has 1 heterocycles. The normalized spacial score (nSPS) is 10.4. The SMILES string of the molecule is CC(C)CCCNC(=O)NCc1ccco1. The van der Waals surface area contributed by atoms with Gasteiger partial charge < -0.3 is 15.1 Å². The van der Waals surface area contributed by atoms with Gasteiger partial charge in [0, 0.05) is 6.54 Å². The van der Waals surface area contributed by atoms with Crippen LogP contribution in [0.5, 0.6) is 0 Å². The summed E-state index contributed by atoms with van der Waals surface area (Å²) in [5.41, 5.74) is 0. The summed E-state index contributed by atoms with van der Waals surface area (Å²) in [6, 6.07) is 3.50. The van der Waals surface area contributed by atoms with Gasteiger partial charge in [-0.15, -0.1) is 0 Å². The number of carbonyl (C=O) groups excluding carboxylic acids is 1. The molecule has 0 spiro atoms. The van der Waals surface area contributed by atoms with Gasteiger partial charge in [0.15, 0.2) is 0 Å². The van der Waals surface area contributed by atoms with E-state index in [2.05, 4.69) is 24.5 Å². The molecule has 4 nitrogen and oxygen atoms in total. The molecule has 1 aromatic rings. The standard InChI is InChI=1S/C12H20N2O2/c1-10(2)5-3-7-13-12(15)14-9-11-6-4-8-16-11/h4,6,8,10H,3,5,7,9H2,1-2H3,(H2,13,14,15). The van der Waals surface area contributed by atoms with E-state index in [0.29, 0.717) is 12.5 Å². The molecule has 0 saturated carbocycles. The lowest BCUT2D eigenvalue weighted by Crippen LogP contribution is -2.35. The summed E-state index contributed by atoms with van der Waals surface area (Å²) in [6.07, 6.45) is 3.75. The highest BCUT2D eigenvalue weighted by Crippen LogP contribution is 2.01. The van der Waals surface area contributed by atoms with Crippen molar-refractivity contribution < 1.29 is 9.21 Å². The molecule has 0 aliphatic rings. The van der Waals surface area contributed by atoms with E-state index in [4.69, 9.17) is 4.42 Å². The molecule has 2 amide bonds. The molecule has 0 radical (unpaired) electrons. The minimum Gasteiger partial charge on any atom is -0.467 e. The highest BCUT2D eigenvalue weighted by molar-refractivity contribution is 5.73. The second-order valence-corrected chi connectivity index (χ2v) is 4.22. The van der Waals surface area contributed by atoms with Crippen LogP contribution in [0.4, 0.5) is 4.79 Å². The van der Waals surface area contributed by atoms with E-state index in [1.165, 1.54) is 0 Å². The van der Waals surface area contributed by atoms with Crippen molar-refractivity contribution in [3.63, 3.8) is 0 Å². The summed E-state index contributed by atoms with van der Waals surface area (Å²) in [7, 11) is 0. The lowest BCUT2D eigenvalue weighted by molar-refractivity contribution is 0.239. The van der Waals surface area contributed by atoms with Crippen LogP contribution in [-0.2, 0) is 6.54 Å². The van der Waals surface area contributed by atoms with Gasteiger partial charge in [0.25, 0.3) is 0 Å². The zero-order valence-corrected chi connectivity index (χ0v) is 9.95. The third kappa shape index (κ3) is 5.44. The zero-order chi connectivity index (χ0) is 11.8. The Bertz CT molecular complexity index is 294. The van der Waals surface area contributed by atoms with Crippen LogP contribution >= 0.6 is 0 Å². The van der Waals surface area contributed by atoms with Gasteiger partial charge in [-0.1, -0.05) is 13.8 Å². The van der Waals surface area contributed by atoms with Gasteiger partial charge in [-0.2, -0.15) is 0 Å². The molecule has 0 fully saturated rings. The second-order valence-electron chi connectivity index (χ2n) is 4.22. The quantitative estimate of drug-likeness (QED) is 0.729. The monoisotopic (exact) mass is 224 g/mol. The fourth-order valence-electron chi connectivity index (χ4n) is 1.36. The number of hydrogen-bond acceptors (Lipinski definition) is 2. The number of hydrogen-bond donors (Lipinski definition) is 2. The van der Waals surface area contributed by atoms with Gasteiger partial charge >= 0.3 is 6.03 Å². The van der Waals surface area contributed by atoms with Gasteiger partial charge in [-0.05, 0) is 30.9 Å². The van der Waals surface area contributed by atoms with E-state index in [9.17, 15) is 4.79 Å². The van der Waals surface area contributed by atoms with Gasteiger partial charge in [0.05, 0.1) is 12.8 Å². The van der Waals surface area contributed by atoms with E-state index in [1.807, 2.05) is 6.07 Å². The van der Waals surface area contributed by atoms with Gasteiger partial charge in [-0.3, -0.25) is 0 Å². The number of carbonyl (C=O) groups is 1. The average Bonchev–Trinajstić information content (AvgIpc) is 2.74. The van der Waals surface area contributed by atoms with E-state index >= 15 is 0 Å². The third-order valence-corrected chi connectivity index (χ3v) is 2.25. The fourth-order valence-corrected chi connectivity index (χ4v) is 1.36. The summed E-state index contributed by atoms with van der Waals surface area (Å²) in [4.78, 5) is 11.3. The Labute approximate surface area is 96.4 Å². The number of nitrogens with one attached hydrogen (secondary N) is 2. The molecule has 16 heavy (non-hydrogen) atoms. The predicted molar refractivity (Wildman–Crippen MR) is 63.0 cm³/mol. The van der Waals surface area contributed by atoms with Crippen LogP contribution in [0.2, 0.25) is 0 Å². The number of amides is 2. The number of rotatable bonds is 6. The molecule has 1 aromatic heterocycles. The minimum absolute atomic E-state index is 0.139. The average molecular weight is 224 g/mol. The van der Waals surface area contributed by atoms with E-state index < -0.39 is 0 Å². The summed E-state index contributed by atoms with van der Waals surface area (Å²) in [5.74, 6) is 1.45. The molecule has 0 bridgehead atoms. The van der Waals surface area contributed by atoms with Crippen molar-refractivity contribution >= 4 is 6.03 Å². The van der Waals surface area contributed by atoms with Crippen LogP contribution in [0, 0.1) is 5.92 Å². The first-order chi connectivity index (χ1) is 7.68. The first-order valence-corrected chi connectivity index (χ1v) is 5.72. The van der Waals surface area contributed by atoms with Gasteiger partial charge in [-0.25, -0.2) is 4.79 Å². The number of furan rings is 1. The molecule has 0 saturated heterocycles. The first kappa shape index (κ1) is 12.6. The van der Waals surface area contributed by atoms with Crippen molar-refractivity contribution in [2.75, 3.05) is 6.54 Å². The Morgan fingerprint density at radius 2 is 2.25 bits per heavy atom. The van der Waals surface area contributed by atoms with E-state index in [0.717, 1.165) is 25.1 Å². The Morgan fingerprint density at radius 3 is 2.88 bits per heavy atom. The van der Waals surface area contributed by atoms with Crippen molar-refractivity contribution in [2.24, 2.45) is 5.92 Å². The molecular formula is C12H20N2O2. The lowest BCUT2D eigenvalue weighted by atomic mass is 10.1. The van der Waals surface area contributed by atoms with Crippen LogP contribution in [0.25, 0.3) is 0 Å². The molecular weight excluding hydrogens is 204 g/mol. The Kier molecular flexibility index (Phi) is 5.46. The molecule has 0 aromatic carbocycles. The number of urea groups is 1. The molecule has 0 aliphatic carbocycles. The van der Waals surface area contributed by atoms with Crippen molar-refractivity contribution in [1.29, 1.82) is 0 Å². The van der Waals surface area contributed by atoms with Crippen LogP contribution in [0.15, 0.2) is 22.8 Å². The highest BCUT2D eigenvalue weighted by atomic mass is 16.3. The smallest absolute Gasteiger partial charge is 0.315 e. The lowest BCUT2D eigenvalue weighted by Gasteiger charge is -2.07. The van der Waals surface area contributed by atoms with Gasteiger partial charge in [0.1, 0.15) is 5.76 Å². The van der Waals surface area contributed by atoms with Crippen LogP contribution in [-0.4, -0.2) is 12.6 Å².